The van der Waals surface area contributed by atoms with Crippen LogP contribution < -0.4 is 10.6 Å². The third-order valence-corrected chi connectivity index (χ3v) is 3.51. The van der Waals surface area contributed by atoms with Crippen molar-refractivity contribution >= 4 is 17.4 Å². The van der Waals surface area contributed by atoms with Crippen molar-refractivity contribution in [1.29, 1.82) is 0 Å². The fourth-order valence-electron chi connectivity index (χ4n) is 2.21. The zero-order valence-corrected chi connectivity index (χ0v) is 13.4. The number of hydrogen-bond donors (Lipinski definition) is 2. The van der Waals surface area contributed by atoms with Crippen LogP contribution in [0.5, 0.6) is 0 Å². The van der Waals surface area contributed by atoms with Gasteiger partial charge in [-0.1, -0.05) is 17.7 Å². The van der Waals surface area contributed by atoms with E-state index >= 15 is 0 Å². The van der Waals surface area contributed by atoms with Gasteiger partial charge < -0.3 is 10.6 Å². The summed E-state index contributed by atoms with van der Waals surface area (Å²) in [5.41, 5.74) is 1.90. The Labute approximate surface area is 142 Å². The van der Waals surface area contributed by atoms with Crippen molar-refractivity contribution in [3.8, 4) is 0 Å². The maximum absolute atomic E-state index is 12.8. The Hall–Kier alpha value is -3.10. The van der Waals surface area contributed by atoms with E-state index in [1.165, 1.54) is 0 Å². The minimum Gasteiger partial charge on any atom is -0.367 e. The molecule has 0 aliphatic carbocycles. The number of aryl methyl sites for hydroxylation is 1. The lowest BCUT2D eigenvalue weighted by atomic mass is 10.1. The predicted octanol–water partition coefficient (Wildman–Crippen LogP) is 2.21. The molecule has 130 valence electrons. The van der Waals surface area contributed by atoms with E-state index in [9.17, 15) is 13.6 Å². The van der Waals surface area contributed by atoms with Crippen molar-refractivity contribution in [2.75, 3.05) is 18.4 Å². The van der Waals surface area contributed by atoms with Gasteiger partial charge in [0.25, 0.3) is 12.3 Å². The molecule has 0 spiro atoms. The summed E-state index contributed by atoms with van der Waals surface area (Å²) in [6.45, 7) is 2.70. The lowest BCUT2D eigenvalue weighted by molar-refractivity contribution is 0.0955. The number of amides is 1. The third kappa shape index (κ3) is 3.87. The molecule has 0 unspecified atom stereocenters. The molecule has 0 bridgehead atoms. The highest BCUT2D eigenvalue weighted by molar-refractivity contribution is 5.94. The quantitative estimate of drug-likeness (QED) is 0.669. The first-order chi connectivity index (χ1) is 12.0. The average molecular weight is 346 g/mol. The molecule has 3 aromatic rings. The van der Waals surface area contributed by atoms with Crippen molar-refractivity contribution < 1.29 is 13.6 Å². The molecule has 2 heterocycles. The molecule has 2 N–H and O–H groups in total. The number of nitrogens with zero attached hydrogens (tertiary/aromatic N) is 4. The van der Waals surface area contributed by atoms with Crippen LogP contribution in [0.2, 0.25) is 0 Å². The molecule has 7 nitrogen and oxygen atoms in total. The minimum atomic E-state index is -2.76. The van der Waals surface area contributed by atoms with Gasteiger partial charge in [-0.05, 0) is 31.2 Å². The van der Waals surface area contributed by atoms with Gasteiger partial charge in [-0.15, -0.1) is 15.3 Å². The molecule has 3 rings (SSSR count). The van der Waals surface area contributed by atoms with Gasteiger partial charge in [0.05, 0.1) is 0 Å². The Morgan fingerprint density at radius 3 is 2.60 bits per heavy atom. The van der Waals surface area contributed by atoms with Crippen LogP contribution in [0.3, 0.4) is 0 Å². The number of halogens is 2. The number of carbonyl (C=O) groups is 1. The molecule has 9 heteroatoms. The first kappa shape index (κ1) is 16.7. The molecule has 0 radical (unpaired) electrons. The lowest BCUT2D eigenvalue weighted by Gasteiger charge is -2.08. The van der Waals surface area contributed by atoms with E-state index in [1.54, 1.807) is 24.3 Å². The van der Waals surface area contributed by atoms with Crippen LogP contribution in [0.1, 0.15) is 28.2 Å². The van der Waals surface area contributed by atoms with Gasteiger partial charge in [-0.2, -0.15) is 4.52 Å². The number of anilines is 1. The number of benzene rings is 1. The van der Waals surface area contributed by atoms with Gasteiger partial charge in [0.2, 0.25) is 5.82 Å². The summed E-state index contributed by atoms with van der Waals surface area (Å²) in [4.78, 5) is 12.0. The molecule has 0 saturated carbocycles. The van der Waals surface area contributed by atoms with Crippen molar-refractivity contribution in [3.63, 3.8) is 0 Å². The summed E-state index contributed by atoms with van der Waals surface area (Å²) >= 11 is 0. The first-order valence-electron chi connectivity index (χ1n) is 7.64. The Balaban J connectivity index is 1.55. The Bertz CT molecular complexity index is 878. The zero-order valence-electron chi connectivity index (χ0n) is 13.4. The minimum absolute atomic E-state index is 0.177. The van der Waals surface area contributed by atoms with Crippen LogP contribution in [-0.4, -0.2) is 38.8 Å². The maximum atomic E-state index is 12.8. The first-order valence-corrected chi connectivity index (χ1v) is 7.64. The van der Waals surface area contributed by atoms with Crippen molar-refractivity contribution in [2.24, 2.45) is 0 Å². The second kappa shape index (κ2) is 7.20. The van der Waals surface area contributed by atoms with E-state index in [-0.39, 0.29) is 11.6 Å². The molecule has 0 atom stereocenters. The molecular formula is C16H16F2N6O. The predicted molar refractivity (Wildman–Crippen MR) is 87.7 cm³/mol. The highest BCUT2D eigenvalue weighted by atomic mass is 19.3. The number of fused-ring (bicyclic) bond motifs is 1. The van der Waals surface area contributed by atoms with Crippen LogP contribution in [0, 0.1) is 6.92 Å². The number of alkyl halides is 2. The summed E-state index contributed by atoms with van der Waals surface area (Å²) in [5.74, 6) is -0.297. The van der Waals surface area contributed by atoms with Crippen LogP contribution in [0.25, 0.3) is 5.65 Å². The van der Waals surface area contributed by atoms with Gasteiger partial charge in [0.1, 0.15) is 5.82 Å². The molecule has 0 fully saturated rings. The maximum Gasteiger partial charge on any atom is 0.299 e. The SMILES string of the molecule is Cc1ccc(C(=O)NCCNc2ccc3nnc(C(F)F)n3n2)cc1. The van der Waals surface area contributed by atoms with Gasteiger partial charge in [-0.25, -0.2) is 8.78 Å². The molecule has 0 aliphatic rings. The van der Waals surface area contributed by atoms with Crippen LogP contribution in [0.4, 0.5) is 14.6 Å². The standard InChI is InChI=1S/C16H16F2N6O/c1-10-2-4-11(5-3-10)16(25)20-9-8-19-12-6-7-13-21-22-15(14(17)18)24(13)23-12/h2-7,14H,8-9H2,1H3,(H,19,23)(H,20,25). The summed E-state index contributed by atoms with van der Waals surface area (Å²) in [5, 5.41) is 16.8. The molecule has 1 amide bonds. The average Bonchev–Trinajstić information content (AvgIpc) is 3.02. The number of carbonyl (C=O) groups excluding carboxylic acids is 1. The van der Waals surface area contributed by atoms with E-state index in [2.05, 4.69) is 25.9 Å². The topological polar surface area (TPSA) is 84.2 Å². The van der Waals surface area contributed by atoms with Crippen molar-refractivity contribution in [1.82, 2.24) is 25.1 Å². The second-order valence-corrected chi connectivity index (χ2v) is 5.40. The molecule has 2 aromatic heterocycles. The normalized spacial score (nSPS) is 11.0. The molecule has 0 aliphatic heterocycles. The van der Waals surface area contributed by atoms with Crippen LogP contribution in [0.15, 0.2) is 36.4 Å². The summed E-state index contributed by atoms with van der Waals surface area (Å²) in [6.07, 6.45) is -2.76. The van der Waals surface area contributed by atoms with Crippen LogP contribution >= 0.6 is 0 Å². The molecule has 1 aromatic carbocycles. The number of rotatable bonds is 6. The monoisotopic (exact) mass is 346 g/mol. The Kier molecular flexibility index (Phi) is 4.82. The van der Waals surface area contributed by atoms with Gasteiger partial charge >= 0.3 is 0 Å². The molecule has 0 saturated heterocycles. The van der Waals surface area contributed by atoms with Gasteiger partial charge in [0.15, 0.2) is 5.65 Å². The fraction of sp³-hybridized carbons (Fsp3) is 0.250. The van der Waals surface area contributed by atoms with E-state index in [1.807, 2.05) is 19.1 Å². The summed E-state index contributed by atoms with van der Waals surface area (Å²) in [7, 11) is 0. The smallest absolute Gasteiger partial charge is 0.299 e. The summed E-state index contributed by atoms with van der Waals surface area (Å²) in [6, 6.07) is 10.4. The Morgan fingerprint density at radius 1 is 1.12 bits per heavy atom. The summed E-state index contributed by atoms with van der Waals surface area (Å²) < 4.78 is 26.6. The molecule has 25 heavy (non-hydrogen) atoms. The third-order valence-electron chi connectivity index (χ3n) is 3.51. The van der Waals surface area contributed by atoms with Crippen molar-refractivity contribution in [2.45, 2.75) is 13.3 Å². The number of hydrogen-bond acceptors (Lipinski definition) is 5. The van der Waals surface area contributed by atoms with Crippen LogP contribution in [-0.2, 0) is 0 Å². The highest BCUT2D eigenvalue weighted by Gasteiger charge is 2.16. The van der Waals surface area contributed by atoms with Gasteiger partial charge in [0, 0.05) is 18.7 Å². The highest BCUT2D eigenvalue weighted by Crippen LogP contribution is 2.17. The number of nitrogens with one attached hydrogen (secondary N) is 2. The van der Waals surface area contributed by atoms with E-state index in [4.69, 9.17) is 0 Å². The fourth-order valence-corrected chi connectivity index (χ4v) is 2.21. The zero-order chi connectivity index (χ0) is 17.8. The largest absolute Gasteiger partial charge is 0.367 e. The van der Waals surface area contributed by atoms with E-state index < -0.39 is 12.2 Å². The second-order valence-electron chi connectivity index (χ2n) is 5.40. The number of aromatic nitrogens is 4. The van der Waals surface area contributed by atoms with E-state index in [0.717, 1.165) is 10.1 Å². The van der Waals surface area contributed by atoms with Gasteiger partial charge in [-0.3, -0.25) is 4.79 Å². The van der Waals surface area contributed by atoms with E-state index in [0.29, 0.717) is 24.5 Å². The lowest BCUT2D eigenvalue weighted by Crippen LogP contribution is -2.28. The Morgan fingerprint density at radius 2 is 1.88 bits per heavy atom. The molecular weight excluding hydrogens is 330 g/mol. The van der Waals surface area contributed by atoms with Crippen molar-refractivity contribution in [3.05, 3.63) is 53.3 Å².